The van der Waals surface area contributed by atoms with Gasteiger partial charge in [0, 0.05) is 11.6 Å². The molecule has 1 aliphatic heterocycles. The maximum absolute atomic E-state index is 13.2. The van der Waals surface area contributed by atoms with Crippen LogP contribution in [0.5, 0.6) is 28.7 Å². The molecule has 0 bridgehead atoms. The molecule has 41 heavy (non-hydrogen) atoms. The Hall–Kier alpha value is -5.49. The van der Waals surface area contributed by atoms with E-state index in [1.54, 1.807) is 66.7 Å². The van der Waals surface area contributed by atoms with Crippen molar-refractivity contribution >= 4 is 5.97 Å². The molecular formula is C32H25FN2O6. The molecule has 8 nitrogen and oxygen atoms in total. The Morgan fingerprint density at radius 1 is 0.951 bits per heavy atom. The summed E-state index contributed by atoms with van der Waals surface area (Å²) in [6, 6.07) is 25.1. The van der Waals surface area contributed by atoms with Crippen LogP contribution in [0.4, 0.5) is 4.39 Å². The molecule has 4 aromatic rings. The third-order valence-electron chi connectivity index (χ3n) is 6.56. The molecule has 5 rings (SSSR count). The molecule has 0 saturated heterocycles. The summed E-state index contributed by atoms with van der Waals surface area (Å²) in [6.07, 6.45) is 0. The van der Waals surface area contributed by atoms with E-state index >= 15 is 0 Å². The van der Waals surface area contributed by atoms with E-state index in [2.05, 4.69) is 6.07 Å². The number of halogens is 1. The van der Waals surface area contributed by atoms with Crippen LogP contribution in [0.25, 0.3) is 0 Å². The second-order valence-electron chi connectivity index (χ2n) is 9.04. The molecule has 0 fully saturated rings. The highest BCUT2D eigenvalue weighted by atomic mass is 19.1. The monoisotopic (exact) mass is 552 g/mol. The Bertz CT molecular complexity index is 1680. The first-order valence-electron chi connectivity index (χ1n) is 12.5. The van der Waals surface area contributed by atoms with Gasteiger partial charge in [-0.2, -0.15) is 5.26 Å². The Morgan fingerprint density at radius 3 is 2.44 bits per heavy atom. The molecule has 9 heteroatoms. The highest BCUT2D eigenvalue weighted by Gasteiger charge is 2.32. The second kappa shape index (κ2) is 11.7. The van der Waals surface area contributed by atoms with Gasteiger partial charge >= 0.3 is 5.97 Å². The summed E-state index contributed by atoms with van der Waals surface area (Å²) in [4.78, 5) is 12.8. The number of nitrogens with two attached hydrogens (primary N) is 1. The minimum Gasteiger partial charge on any atom is -0.496 e. The molecule has 0 aromatic heterocycles. The third kappa shape index (κ3) is 5.63. The molecule has 1 atom stereocenters. The van der Waals surface area contributed by atoms with Crippen LogP contribution in [-0.2, 0) is 6.61 Å². The summed E-state index contributed by atoms with van der Waals surface area (Å²) in [5.41, 5.74) is 8.80. The zero-order valence-electron chi connectivity index (χ0n) is 22.2. The largest absolute Gasteiger partial charge is 0.496 e. The van der Waals surface area contributed by atoms with Gasteiger partial charge in [-0.1, -0.05) is 36.4 Å². The number of benzene rings is 4. The standard InChI is InChI=1S/C32H25FN2O6/c1-37-26-6-4-3-5-24(26)32(36)40-22-12-13-23-28(16-22)41-31(35)25(17-34)30(23)20-9-14-27(29(15-20)38-2)39-18-19-7-10-21(33)11-8-19/h3-16,30H,18,35H2,1-2H3. The first-order chi connectivity index (χ1) is 19.9. The summed E-state index contributed by atoms with van der Waals surface area (Å²) in [6.45, 7) is 0.211. The first-order valence-corrected chi connectivity index (χ1v) is 12.5. The van der Waals surface area contributed by atoms with Gasteiger partial charge in [0.25, 0.3) is 0 Å². The number of para-hydroxylation sites is 1. The number of methoxy groups -OCH3 is 2. The van der Waals surface area contributed by atoms with E-state index in [4.69, 9.17) is 29.4 Å². The van der Waals surface area contributed by atoms with Gasteiger partial charge in [0.1, 0.15) is 46.9 Å². The summed E-state index contributed by atoms with van der Waals surface area (Å²) < 4.78 is 41.3. The van der Waals surface area contributed by atoms with E-state index in [1.807, 2.05) is 6.07 Å². The zero-order chi connectivity index (χ0) is 28.9. The molecule has 0 aliphatic carbocycles. The van der Waals surface area contributed by atoms with E-state index < -0.39 is 11.9 Å². The lowest BCUT2D eigenvalue weighted by Crippen LogP contribution is -2.21. The third-order valence-corrected chi connectivity index (χ3v) is 6.56. The van der Waals surface area contributed by atoms with Gasteiger partial charge in [0.15, 0.2) is 11.5 Å². The number of fused-ring (bicyclic) bond motifs is 1. The number of rotatable bonds is 8. The molecule has 1 aliphatic rings. The average molecular weight is 553 g/mol. The van der Waals surface area contributed by atoms with Gasteiger partial charge in [-0.15, -0.1) is 0 Å². The maximum atomic E-state index is 13.2. The number of carbonyl (C=O) groups excluding carboxylic acids is 1. The van der Waals surface area contributed by atoms with Crippen LogP contribution in [0.15, 0.2) is 96.4 Å². The molecule has 1 heterocycles. The van der Waals surface area contributed by atoms with Gasteiger partial charge < -0.3 is 29.4 Å². The van der Waals surface area contributed by atoms with Crippen LogP contribution in [0.2, 0.25) is 0 Å². The minimum atomic E-state index is -0.600. The van der Waals surface area contributed by atoms with E-state index in [-0.39, 0.29) is 35.2 Å². The Balaban J connectivity index is 1.43. The Morgan fingerprint density at radius 2 is 1.71 bits per heavy atom. The van der Waals surface area contributed by atoms with Crippen molar-refractivity contribution in [3.63, 3.8) is 0 Å². The number of carbonyl (C=O) groups is 1. The lowest BCUT2D eigenvalue weighted by molar-refractivity contribution is 0.0731. The molecular weight excluding hydrogens is 527 g/mol. The van der Waals surface area contributed by atoms with Gasteiger partial charge in [-0.3, -0.25) is 0 Å². The number of nitriles is 1. The van der Waals surface area contributed by atoms with Crippen molar-refractivity contribution in [1.82, 2.24) is 0 Å². The number of nitrogens with zero attached hydrogens (tertiary/aromatic N) is 1. The Labute approximate surface area is 235 Å². The molecule has 1 unspecified atom stereocenters. The number of hydrogen-bond acceptors (Lipinski definition) is 8. The fourth-order valence-corrected chi connectivity index (χ4v) is 4.54. The van der Waals surface area contributed by atoms with Gasteiger partial charge in [0.2, 0.25) is 5.88 Å². The summed E-state index contributed by atoms with van der Waals surface area (Å²) >= 11 is 0. The smallest absolute Gasteiger partial charge is 0.347 e. The summed E-state index contributed by atoms with van der Waals surface area (Å²) in [7, 11) is 2.99. The van der Waals surface area contributed by atoms with Crippen molar-refractivity contribution in [1.29, 1.82) is 5.26 Å². The van der Waals surface area contributed by atoms with Crippen LogP contribution in [-0.4, -0.2) is 20.2 Å². The number of allylic oxidation sites excluding steroid dienone is 1. The molecule has 0 radical (unpaired) electrons. The molecule has 0 spiro atoms. The second-order valence-corrected chi connectivity index (χ2v) is 9.04. The normalized spacial score (nSPS) is 13.9. The van der Waals surface area contributed by atoms with E-state index in [0.29, 0.717) is 34.1 Å². The lowest BCUT2D eigenvalue weighted by atomic mass is 9.83. The van der Waals surface area contributed by atoms with Crippen molar-refractivity contribution in [3.8, 4) is 34.8 Å². The van der Waals surface area contributed by atoms with Gasteiger partial charge in [0.05, 0.1) is 20.1 Å². The first kappa shape index (κ1) is 27.1. The summed E-state index contributed by atoms with van der Waals surface area (Å²) in [5, 5.41) is 9.95. The van der Waals surface area contributed by atoms with Crippen molar-refractivity contribution in [2.45, 2.75) is 12.5 Å². The van der Waals surface area contributed by atoms with Crippen LogP contribution in [0.1, 0.15) is 33.0 Å². The number of esters is 1. The topological polar surface area (TPSA) is 113 Å². The van der Waals surface area contributed by atoms with E-state index in [0.717, 1.165) is 5.56 Å². The fraction of sp³-hybridized carbons (Fsp3) is 0.125. The highest BCUT2D eigenvalue weighted by molar-refractivity contribution is 5.94. The van der Waals surface area contributed by atoms with Crippen molar-refractivity contribution in [2.24, 2.45) is 5.73 Å². The molecule has 4 aromatic carbocycles. The maximum Gasteiger partial charge on any atom is 0.347 e. The SMILES string of the molecule is COc1cc(C2C(C#N)=C(N)Oc3cc(OC(=O)c4ccccc4OC)ccc32)ccc1OCc1ccc(F)cc1. The summed E-state index contributed by atoms with van der Waals surface area (Å²) in [5.74, 6) is 0.305. The fourth-order valence-electron chi connectivity index (χ4n) is 4.54. The average Bonchev–Trinajstić information content (AvgIpc) is 2.99. The quantitative estimate of drug-likeness (QED) is 0.214. The molecule has 0 saturated carbocycles. The van der Waals surface area contributed by atoms with Crippen LogP contribution in [0, 0.1) is 17.1 Å². The predicted octanol–water partition coefficient (Wildman–Crippen LogP) is 5.86. The van der Waals surface area contributed by atoms with E-state index in [1.165, 1.54) is 26.4 Å². The van der Waals surface area contributed by atoms with Crippen LogP contribution >= 0.6 is 0 Å². The number of hydrogen-bond donors (Lipinski definition) is 1. The van der Waals surface area contributed by atoms with Crippen molar-refractivity contribution in [2.75, 3.05) is 14.2 Å². The van der Waals surface area contributed by atoms with Crippen molar-refractivity contribution < 1.29 is 32.9 Å². The number of ether oxygens (including phenoxy) is 5. The molecule has 2 N–H and O–H groups in total. The highest BCUT2D eigenvalue weighted by Crippen LogP contribution is 2.45. The molecule has 206 valence electrons. The van der Waals surface area contributed by atoms with Gasteiger partial charge in [-0.05, 0) is 53.6 Å². The predicted molar refractivity (Wildman–Crippen MR) is 147 cm³/mol. The minimum absolute atomic E-state index is 0.0613. The van der Waals surface area contributed by atoms with E-state index in [9.17, 15) is 14.4 Å². The van der Waals surface area contributed by atoms with Crippen molar-refractivity contribution in [3.05, 3.63) is 124 Å². The van der Waals surface area contributed by atoms with Crippen LogP contribution in [0.3, 0.4) is 0 Å². The van der Waals surface area contributed by atoms with Crippen LogP contribution < -0.4 is 29.4 Å². The molecule has 0 amide bonds. The lowest BCUT2D eigenvalue weighted by Gasteiger charge is -2.27. The zero-order valence-corrected chi connectivity index (χ0v) is 22.2. The van der Waals surface area contributed by atoms with Gasteiger partial charge in [-0.25, -0.2) is 9.18 Å². The Kier molecular flexibility index (Phi) is 7.74.